The highest BCUT2D eigenvalue weighted by atomic mass is 32.1. The first-order chi connectivity index (χ1) is 10.2. The van der Waals surface area contributed by atoms with Crippen molar-refractivity contribution in [3.05, 3.63) is 48.0 Å². The zero-order chi connectivity index (χ0) is 14.8. The van der Waals surface area contributed by atoms with Crippen LogP contribution in [0.1, 0.15) is 10.4 Å². The molecule has 0 spiro atoms. The smallest absolute Gasteiger partial charge is 0.261 e. The van der Waals surface area contributed by atoms with Gasteiger partial charge in [-0.05, 0) is 24.3 Å². The summed E-state index contributed by atoms with van der Waals surface area (Å²) in [6.07, 6.45) is 0. The zero-order valence-electron chi connectivity index (χ0n) is 11.3. The van der Waals surface area contributed by atoms with Gasteiger partial charge in [0.05, 0.1) is 28.6 Å². The van der Waals surface area contributed by atoms with Crippen molar-refractivity contribution < 1.29 is 9.53 Å². The van der Waals surface area contributed by atoms with E-state index in [0.29, 0.717) is 22.1 Å². The Morgan fingerprint density at radius 3 is 2.81 bits per heavy atom. The summed E-state index contributed by atoms with van der Waals surface area (Å²) in [5.74, 6) is 0.0781. The summed E-state index contributed by atoms with van der Waals surface area (Å²) in [6.45, 7) is 0. The van der Waals surface area contributed by atoms with Gasteiger partial charge in [0.1, 0.15) is 0 Å². The van der Waals surface area contributed by atoms with Crippen molar-refractivity contribution in [1.82, 2.24) is 4.98 Å². The van der Waals surface area contributed by atoms with Gasteiger partial charge in [0.15, 0.2) is 10.9 Å². The van der Waals surface area contributed by atoms with Gasteiger partial charge in [-0.2, -0.15) is 0 Å². The van der Waals surface area contributed by atoms with Gasteiger partial charge >= 0.3 is 0 Å². The molecule has 1 aromatic heterocycles. The van der Waals surface area contributed by atoms with E-state index in [2.05, 4.69) is 10.3 Å². The third kappa shape index (κ3) is 2.53. The molecule has 0 unspecified atom stereocenters. The molecule has 3 rings (SSSR count). The van der Waals surface area contributed by atoms with Gasteiger partial charge in [0.25, 0.3) is 5.91 Å². The topological polar surface area (TPSA) is 77.2 Å². The zero-order valence-corrected chi connectivity index (χ0v) is 12.1. The largest absolute Gasteiger partial charge is 0.494 e. The maximum atomic E-state index is 12.3. The lowest BCUT2D eigenvalue weighted by atomic mass is 10.1. The van der Waals surface area contributed by atoms with E-state index in [4.69, 9.17) is 10.5 Å². The van der Waals surface area contributed by atoms with Crippen molar-refractivity contribution >= 4 is 38.3 Å². The summed E-state index contributed by atoms with van der Waals surface area (Å²) < 4.78 is 6.21. The van der Waals surface area contributed by atoms with Crippen LogP contribution in [0.2, 0.25) is 0 Å². The maximum Gasteiger partial charge on any atom is 0.261 e. The van der Waals surface area contributed by atoms with Crippen molar-refractivity contribution in [2.75, 3.05) is 18.2 Å². The molecular formula is C15H13N3O2S. The van der Waals surface area contributed by atoms with E-state index < -0.39 is 0 Å². The minimum Gasteiger partial charge on any atom is -0.494 e. The van der Waals surface area contributed by atoms with Crippen LogP contribution < -0.4 is 15.8 Å². The Balaban J connectivity index is 1.91. The highest BCUT2D eigenvalue weighted by Crippen LogP contribution is 2.29. The molecule has 1 heterocycles. The first-order valence-corrected chi connectivity index (χ1v) is 7.10. The number of nitrogens with zero attached hydrogens (tertiary/aromatic N) is 1. The Bertz CT molecular complexity index is 781. The summed E-state index contributed by atoms with van der Waals surface area (Å²) in [7, 11) is 1.49. The molecule has 0 radical (unpaired) electrons. The molecular weight excluding hydrogens is 286 g/mol. The number of aromatic nitrogens is 1. The average Bonchev–Trinajstić information content (AvgIpc) is 2.89. The van der Waals surface area contributed by atoms with E-state index in [-0.39, 0.29) is 5.91 Å². The Labute approximate surface area is 125 Å². The van der Waals surface area contributed by atoms with Crippen LogP contribution in [0.25, 0.3) is 10.2 Å². The Kier molecular flexibility index (Phi) is 3.45. The van der Waals surface area contributed by atoms with Gasteiger partial charge < -0.3 is 10.5 Å². The molecule has 2 aromatic carbocycles. The number of nitrogens with one attached hydrogen (secondary N) is 1. The SMILES string of the molecule is COc1c(N)cccc1C(=O)Nc1nc2ccccc2s1. The van der Waals surface area contributed by atoms with E-state index in [1.165, 1.54) is 18.4 Å². The number of nitrogens with two attached hydrogens (primary N) is 1. The molecule has 106 valence electrons. The molecule has 0 saturated heterocycles. The van der Waals surface area contributed by atoms with E-state index in [1.54, 1.807) is 18.2 Å². The molecule has 6 heteroatoms. The predicted octanol–water partition coefficient (Wildman–Crippen LogP) is 3.14. The van der Waals surface area contributed by atoms with Crippen molar-refractivity contribution in [1.29, 1.82) is 0 Å². The number of para-hydroxylation sites is 2. The van der Waals surface area contributed by atoms with Crippen LogP contribution in [0, 0.1) is 0 Å². The molecule has 0 aliphatic carbocycles. The van der Waals surface area contributed by atoms with E-state index >= 15 is 0 Å². The molecule has 0 bridgehead atoms. The summed E-state index contributed by atoms with van der Waals surface area (Å²) >= 11 is 1.42. The van der Waals surface area contributed by atoms with Gasteiger partial charge in [-0.1, -0.05) is 29.5 Å². The number of carbonyl (C=O) groups excluding carboxylic acids is 1. The van der Waals surface area contributed by atoms with E-state index in [1.807, 2.05) is 24.3 Å². The highest BCUT2D eigenvalue weighted by Gasteiger charge is 2.16. The van der Waals surface area contributed by atoms with Gasteiger partial charge in [-0.3, -0.25) is 10.1 Å². The van der Waals surface area contributed by atoms with Crippen molar-refractivity contribution in [3.8, 4) is 5.75 Å². The number of nitrogen functional groups attached to an aromatic ring is 1. The predicted molar refractivity (Wildman–Crippen MR) is 85.0 cm³/mol. The van der Waals surface area contributed by atoms with Crippen molar-refractivity contribution in [2.24, 2.45) is 0 Å². The van der Waals surface area contributed by atoms with Crippen LogP contribution >= 0.6 is 11.3 Å². The maximum absolute atomic E-state index is 12.3. The molecule has 21 heavy (non-hydrogen) atoms. The van der Waals surface area contributed by atoms with Crippen molar-refractivity contribution in [2.45, 2.75) is 0 Å². The lowest BCUT2D eigenvalue weighted by Crippen LogP contribution is -2.13. The first-order valence-electron chi connectivity index (χ1n) is 6.28. The lowest BCUT2D eigenvalue weighted by molar-refractivity contribution is 0.102. The average molecular weight is 299 g/mol. The number of hydrogen-bond acceptors (Lipinski definition) is 5. The number of benzene rings is 2. The molecule has 3 aromatic rings. The lowest BCUT2D eigenvalue weighted by Gasteiger charge is -2.09. The molecule has 0 fully saturated rings. The second-order valence-electron chi connectivity index (χ2n) is 4.37. The quantitative estimate of drug-likeness (QED) is 0.728. The number of thiazole rings is 1. The second-order valence-corrected chi connectivity index (χ2v) is 5.40. The standard InChI is InChI=1S/C15H13N3O2S/c1-20-13-9(5-4-6-10(13)16)14(19)18-15-17-11-7-2-3-8-12(11)21-15/h2-8H,16H2,1H3,(H,17,18,19). The number of ether oxygens (including phenoxy) is 1. The van der Waals surface area contributed by atoms with Crippen LogP contribution in [-0.4, -0.2) is 18.0 Å². The van der Waals surface area contributed by atoms with Crippen LogP contribution in [0.15, 0.2) is 42.5 Å². The molecule has 0 aliphatic heterocycles. The van der Waals surface area contributed by atoms with Crippen LogP contribution in [-0.2, 0) is 0 Å². The number of rotatable bonds is 3. The molecule has 5 nitrogen and oxygen atoms in total. The van der Waals surface area contributed by atoms with Gasteiger partial charge in [-0.15, -0.1) is 0 Å². The number of amides is 1. The monoisotopic (exact) mass is 299 g/mol. The number of anilines is 2. The number of methoxy groups -OCH3 is 1. The normalized spacial score (nSPS) is 10.5. The second kappa shape index (κ2) is 5.41. The fraction of sp³-hybridized carbons (Fsp3) is 0.0667. The molecule has 3 N–H and O–H groups in total. The minimum atomic E-state index is -0.293. The minimum absolute atomic E-state index is 0.293. The fourth-order valence-corrected chi connectivity index (χ4v) is 2.91. The molecule has 0 atom stereocenters. The third-order valence-corrected chi connectivity index (χ3v) is 3.96. The van der Waals surface area contributed by atoms with Crippen LogP contribution in [0.3, 0.4) is 0 Å². The third-order valence-electron chi connectivity index (χ3n) is 3.01. The van der Waals surface area contributed by atoms with Gasteiger partial charge in [0.2, 0.25) is 0 Å². The number of fused-ring (bicyclic) bond motifs is 1. The summed E-state index contributed by atoms with van der Waals surface area (Å²) in [6, 6.07) is 12.8. The Morgan fingerprint density at radius 1 is 1.24 bits per heavy atom. The summed E-state index contributed by atoms with van der Waals surface area (Å²) in [4.78, 5) is 16.7. The summed E-state index contributed by atoms with van der Waals surface area (Å²) in [5.41, 5.74) is 7.48. The molecule has 0 saturated carbocycles. The molecule has 0 aliphatic rings. The fourth-order valence-electron chi connectivity index (χ4n) is 2.05. The van der Waals surface area contributed by atoms with Crippen molar-refractivity contribution in [3.63, 3.8) is 0 Å². The van der Waals surface area contributed by atoms with E-state index in [0.717, 1.165) is 10.2 Å². The number of carbonyl (C=O) groups is 1. The van der Waals surface area contributed by atoms with Crippen LogP contribution in [0.4, 0.5) is 10.8 Å². The molecule has 1 amide bonds. The van der Waals surface area contributed by atoms with Gasteiger partial charge in [-0.25, -0.2) is 4.98 Å². The van der Waals surface area contributed by atoms with Gasteiger partial charge in [0, 0.05) is 0 Å². The van der Waals surface area contributed by atoms with Crippen LogP contribution in [0.5, 0.6) is 5.75 Å². The van der Waals surface area contributed by atoms with E-state index in [9.17, 15) is 4.79 Å². The first kappa shape index (κ1) is 13.4. The Hall–Kier alpha value is -2.60. The number of hydrogen-bond donors (Lipinski definition) is 2. The highest BCUT2D eigenvalue weighted by molar-refractivity contribution is 7.22. The summed E-state index contributed by atoms with van der Waals surface area (Å²) in [5, 5.41) is 3.33. The Morgan fingerprint density at radius 2 is 2.05 bits per heavy atom.